The molecule has 0 saturated heterocycles. The molecule has 0 aliphatic heterocycles. The summed E-state index contributed by atoms with van der Waals surface area (Å²) in [7, 11) is -9.92. The fraction of sp³-hybridized carbons (Fsp3) is 0.895. The lowest BCUT2D eigenvalue weighted by atomic mass is 10.0. The van der Waals surface area contributed by atoms with E-state index < -0.39 is 97.5 Å². The zero-order valence-electron chi connectivity index (χ0n) is 61.6. The van der Waals surface area contributed by atoms with Crippen LogP contribution >= 0.6 is 15.6 Å². The van der Waals surface area contributed by atoms with Gasteiger partial charge >= 0.3 is 39.5 Å². The van der Waals surface area contributed by atoms with Crippen molar-refractivity contribution in [3.63, 3.8) is 0 Å². The van der Waals surface area contributed by atoms with Crippen molar-refractivity contribution in [3.8, 4) is 0 Å². The van der Waals surface area contributed by atoms with Crippen LogP contribution in [-0.2, 0) is 65.4 Å². The minimum atomic E-state index is -4.96. The molecule has 0 amide bonds. The van der Waals surface area contributed by atoms with Gasteiger partial charge in [0, 0.05) is 25.7 Å². The molecular formula is C76H144O17P2. The standard InChI is InChI=1S/C76H144O17P2/c1-8-9-10-11-12-13-14-15-16-19-25-30-35-43-50-57-73(78)86-63-71(92-75(80)59-52-45-36-31-26-20-17-18-23-28-33-40-47-54-67(2)3)65-90-94(82,83)88-61-70(77)62-89-95(84,85)91-66-72(64-87-74(79)58-51-44-39-38-42-49-56-69(6)7)93-76(81)60-53-46-37-32-27-22-21-24-29-34-41-48-55-68(4)5/h13-16,67-72,77H,8-12,17-66H2,1-7H3,(H,82,83)(H,84,85)/b14-13-,16-15-/t70-,71-,72-/m1/s1. The SMILES string of the molecule is CCCCCC/C=C\C=C/CCCCCCCC(=O)OC[C@H](COP(=O)(O)OC[C@@H](O)COP(=O)(O)OC[C@@H](COC(=O)CCCCCCCCC(C)C)OC(=O)CCCCCCCCCCCCCCC(C)C)OC(=O)CCCCCCCCCCCCCCCC(C)C. The monoisotopic (exact) mass is 1390 g/mol. The lowest BCUT2D eigenvalue weighted by Gasteiger charge is -2.21. The number of hydrogen-bond donors (Lipinski definition) is 3. The Balaban J connectivity index is 5.28. The molecule has 95 heavy (non-hydrogen) atoms. The van der Waals surface area contributed by atoms with Crippen molar-refractivity contribution in [1.29, 1.82) is 0 Å². The van der Waals surface area contributed by atoms with E-state index in [-0.39, 0.29) is 25.7 Å². The van der Waals surface area contributed by atoms with E-state index in [1.165, 1.54) is 148 Å². The smallest absolute Gasteiger partial charge is 0.462 e. The third kappa shape index (κ3) is 69.8. The third-order valence-electron chi connectivity index (χ3n) is 17.0. The number of phosphoric acid groups is 2. The number of unbranched alkanes of at least 4 members (excludes halogenated alkanes) is 37. The maximum atomic E-state index is 13.1. The van der Waals surface area contributed by atoms with Gasteiger partial charge in [-0.15, -0.1) is 0 Å². The van der Waals surface area contributed by atoms with Gasteiger partial charge in [0.05, 0.1) is 26.4 Å². The van der Waals surface area contributed by atoms with Crippen molar-refractivity contribution in [2.75, 3.05) is 39.6 Å². The molecule has 560 valence electrons. The first-order valence-electron chi connectivity index (χ1n) is 38.7. The summed E-state index contributed by atoms with van der Waals surface area (Å²) < 4.78 is 68.5. The van der Waals surface area contributed by atoms with Gasteiger partial charge in [0.15, 0.2) is 12.2 Å². The summed E-state index contributed by atoms with van der Waals surface area (Å²) in [6, 6.07) is 0. The molecule has 19 heteroatoms. The molecule has 0 aromatic heterocycles. The van der Waals surface area contributed by atoms with E-state index in [4.69, 9.17) is 37.0 Å². The molecule has 3 N–H and O–H groups in total. The Kier molecular flexibility index (Phi) is 64.4. The maximum Gasteiger partial charge on any atom is 0.472 e. The Morgan fingerprint density at radius 1 is 0.326 bits per heavy atom. The first-order chi connectivity index (χ1) is 45.7. The molecule has 0 aromatic carbocycles. The highest BCUT2D eigenvalue weighted by atomic mass is 31.2. The minimum absolute atomic E-state index is 0.0999. The largest absolute Gasteiger partial charge is 0.472 e. The van der Waals surface area contributed by atoms with Crippen LogP contribution in [0, 0.1) is 17.8 Å². The van der Waals surface area contributed by atoms with Crippen molar-refractivity contribution >= 4 is 39.5 Å². The highest BCUT2D eigenvalue weighted by Gasteiger charge is 2.30. The molecule has 0 spiro atoms. The van der Waals surface area contributed by atoms with E-state index in [2.05, 4.69) is 72.8 Å². The summed E-state index contributed by atoms with van der Waals surface area (Å²) in [5.74, 6) is 0.0873. The number of aliphatic hydroxyl groups is 1. The number of allylic oxidation sites excluding steroid dienone is 4. The highest BCUT2D eigenvalue weighted by Crippen LogP contribution is 2.45. The van der Waals surface area contributed by atoms with E-state index in [1.54, 1.807) is 0 Å². The number of phosphoric ester groups is 2. The van der Waals surface area contributed by atoms with Crippen molar-refractivity contribution in [2.45, 2.75) is 381 Å². The maximum absolute atomic E-state index is 13.1. The molecular weight excluding hydrogens is 1250 g/mol. The molecule has 5 atom stereocenters. The average molecular weight is 1390 g/mol. The molecule has 0 radical (unpaired) electrons. The normalized spacial score (nSPS) is 14.2. The summed E-state index contributed by atoms with van der Waals surface area (Å²) in [4.78, 5) is 72.8. The zero-order chi connectivity index (χ0) is 70.1. The number of aliphatic hydroxyl groups excluding tert-OH is 1. The average Bonchev–Trinajstić information content (AvgIpc) is 1.24. The van der Waals surface area contributed by atoms with Crippen LogP contribution in [0.25, 0.3) is 0 Å². The molecule has 0 rings (SSSR count). The molecule has 0 saturated carbocycles. The van der Waals surface area contributed by atoms with Gasteiger partial charge in [0.2, 0.25) is 0 Å². The van der Waals surface area contributed by atoms with Gasteiger partial charge in [-0.3, -0.25) is 37.3 Å². The molecule has 0 fully saturated rings. The van der Waals surface area contributed by atoms with Crippen molar-refractivity contribution < 1.29 is 80.2 Å². The van der Waals surface area contributed by atoms with Crippen LogP contribution in [0.4, 0.5) is 0 Å². The van der Waals surface area contributed by atoms with E-state index in [0.717, 1.165) is 127 Å². The van der Waals surface area contributed by atoms with E-state index in [9.17, 15) is 43.2 Å². The van der Waals surface area contributed by atoms with Crippen molar-refractivity contribution in [3.05, 3.63) is 24.3 Å². The summed E-state index contributed by atoms with van der Waals surface area (Å²) in [5.41, 5.74) is 0. The van der Waals surface area contributed by atoms with Crippen LogP contribution in [-0.4, -0.2) is 96.7 Å². The molecule has 0 aromatic rings. The van der Waals surface area contributed by atoms with Crippen LogP contribution in [0.3, 0.4) is 0 Å². The fourth-order valence-corrected chi connectivity index (χ4v) is 12.6. The second-order valence-electron chi connectivity index (χ2n) is 28.1. The molecule has 2 unspecified atom stereocenters. The van der Waals surface area contributed by atoms with E-state index >= 15 is 0 Å². The lowest BCUT2D eigenvalue weighted by molar-refractivity contribution is -0.161. The fourth-order valence-electron chi connectivity index (χ4n) is 11.1. The van der Waals surface area contributed by atoms with Crippen LogP contribution in [0.1, 0.15) is 363 Å². The Morgan fingerprint density at radius 2 is 0.568 bits per heavy atom. The highest BCUT2D eigenvalue weighted by molar-refractivity contribution is 7.47. The number of carbonyl (C=O) groups excluding carboxylic acids is 4. The van der Waals surface area contributed by atoms with Gasteiger partial charge in [-0.25, -0.2) is 9.13 Å². The number of esters is 4. The number of carbonyl (C=O) groups is 4. The molecule has 0 heterocycles. The Hall–Kier alpha value is -2.46. The Morgan fingerprint density at radius 3 is 0.853 bits per heavy atom. The van der Waals surface area contributed by atoms with Crippen molar-refractivity contribution in [2.24, 2.45) is 17.8 Å². The Labute approximate surface area is 580 Å². The van der Waals surface area contributed by atoms with Gasteiger partial charge in [-0.1, -0.05) is 310 Å². The molecule has 17 nitrogen and oxygen atoms in total. The van der Waals surface area contributed by atoms with Crippen LogP contribution in [0.15, 0.2) is 24.3 Å². The van der Waals surface area contributed by atoms with Crippen LogP contribution < -0.4 is 0 Å². The van der Waals surface area contributed by atoms with Gasteiger partial charge in [0.1, 0.15) is 19.3 Å². The molecule has 0 bridgehead atoms. The van der Waals surface area contributed by atoms with Gasteiger partial charge in [0.25, 0.3) is 0 Å². The lowest BCUT2D eigenvalue weighted by Crippen LogP contribution is -2.30. The van der Waals surface area contributed by atoms with Gasteiger partial charge in [-0.05, 0) is 69.1 Å². The third-order valence-corrected chi connectivity index (χ3v) is 18.9. The second kappa shape index (κ2) is 66.1. The first-order valence-corrected chi connectivity index (χ1v) is 41.7. The summed E-state index contributed by atoms with van der Waals surface area (Å²) in [6.45, 7) is 11.8. The number of rotatable bonds is 72. The van der Waals surface area contributed by atoms with Crippen LogP contribution in [0.2, 0.25) is 0 Å². The summed E-state index contributed by atoms with van der Waals surface area (Å²) in [6.07, 6.45) is 55.0. The topological polar surface area (TPSA) is 237 Å². The van der Waals surface area contributed by atoms with E-state index in [0.29, 0.717) is 31.6 Å². The second-order valence-corrected chi connectivity index (χ2v) is 31.0. The van der Waals surface area contributed by atoms with E-state index in [1.807, 2.05) is 0 Å². The zero-order valence-corrected chi connectivity index (χ0v) is 63.4. The minimum Gasteiger partial charge on any atom is -0.462 e. The first kappa shape index (κ1) is 92.5. The number of hydrogen-bond acceptors (Lipinski definition) is 15. The van der Waals surface area contributed by atoms with Crippen molar-refractivity contribution in [1.82, 2.24) is 0 Å². The quantitative estimate of drug-likeness (QED) is 0.0169. The van der Waals surface area contributed by atoms with Gasteiger partial charge < -0.3 is 33.8 Å². The predicted molar refractivity (Wildman–Crippen MR) is 386 cm³/mol. The molecule has 0 aliphatic carbocycles. The predicted octanol–water partition coefficient (Wildman–Crippen LogP) is 21.7. The summed E-state index contributed by atoms with van der Waals surface area (Å²) >= 11 is 0. The Bertz CT molecular complexity index is 1950. The summed E-state index contributed by atoms with van der Waals surface area (Å²) in [5, 5.41) is 10.6. The molecule has 0 aliphatic rings. The van der Waals surface area contributed by atoms with Gasteiger partial charge in [-0.2, -0.15) is 0 Å². The number of ether oxygens (including phenoxy) is 4. The van der Waals surface area contributed by atoms with Crippen LogP contribution in [0.5, 0.6) is 0 Å².